The van der Waals surface area contributed by atoms with E-state index in [4.69, 9.17) is 23.2 Å². The first-order chi connectivity index (χ1) is 19.9. The first kappa shape index (κ1) is 28.3. The number of halogens is 2. The van der Waals surface area contributed by atoms with Crippen molar-refractivity contribution in [1.82, 2.24) is 20.0 Å². The van der Waals surface area contributed by atoms with Crippen molar-refractivity contribution < 1.29 is 9.59 Å². The summed E-state index contributed by atoms with van der Waals surface area (Å²) >= 11 is 12.2. The number of anilines is 1. The van der Waals surface area contributed by atoms with Crippen LogP contribution >= 0.6 is 23.2 Å². The lowest BCUT2D eigenvalue weighted by Crippen LogP contribution is -2.52. The van der Waals surface area contributed by atoms with Crippen LogP contribution in [-0.4, -0.2) is 71.1 Å². The number of carbonyl (C=O) groups is 2. The average Bonchev–Trinajstić information content (AvgIpc) is 3.01. The molecule has 0 atom stereocenters. The minimum absolute atomic E-state index is 0.0681. The Labute approximate surface area is 249 Å². The first-order valence-corrected chi connectivity index (χ1v) is 14.1. The summed E-state index contributed by atoms with van der Waals surface area (Å²) < 4.78 is 0. The van der Waals surface area contributed by atoms with Crippen LogP contribution in [0.3, 0.4) is 0 Å². The molecule has 0 aliphatic carbocycles. The van der Waals surface area contributed by atoms with Crippen molar-refractivity contribution in [2.24, 2.45) is 0 Å². The largest absolute Gasteiger partial charge is 0.352 e. The summed E-state index contributed by atoms with van der Waals surface area (Å²) in [6.07, 6.45) is 1.59. The highest BCUT2D eigenvalue weighted by atomic mass is 35.5. The van der Waals surface area contributed by atoms with Gasteiger partial charge in [-0.25, -0.2) is 0 Å². The summed E-state index contributed by atoms with van der Waals surface area (Å²) in [6, 6.07) is 27.1. The summed E-state index contributed by atoms with van der Waals surface area (Å²) in [4.78, 5) is 31.5. The Bertz CT molecular complexity index is 1520. The molecule has 0 radical (unpaired) electrons. The summed E-state index contributed by atoms with van der Waals surface area (Å²) in [5.41, 5.74) is 4.42. The minimum atomic E-state index is -0.344. The molecular formula is C32H29Cl2N5O2. The first-order valence-electron chi connectivity index (χ1n) is 13.3. The smallest absolute Gasteiger partial charge is 0.256 e. The fraction of sp³-hybridized carbons (Fsp3) is 0.188. The Hall–Kier alpha value is -4.20. The van der Waals surface area contributed by atoms with Crippen molar-refractivity contribution in [3.8, 4) is 22.4 Å². The number of nitrogens with zero attached hydrogens (tertiary/aromatic N) is 5. The van der Waals surface area contributed by atoms with E-state index in [9.17, 15) is 9.59 Å². The second-order valence-corrected chi connectivity index (χ2v) is 10.5. The second-order valence-electron chi connectivity index (χ2n) is 9.69. The van der Waals surface area contributed by atoms with Crippen LogP contribution in [0.15, 0.2) is 97.6 Å². The SMILES string of the molecule is C=CCN(CC(=O)N1CCN(c2ccc(-c3ccc(-c4ccccc4)cc3)nn2)CC1)C(=O)c1ccc(Cl)cc1Cl. The van der Waals surface area contributed by atoms with E-state index in [0.717, 1.165) is 22.6 Å². The quantitative estimate of drug-likeness (QED) is 0.234. The van der Waals surface area contributed by atoms with Crippen molar-refractivity contribution in [2.75, 3.05) is 44.2 Å². The molecule has 41 heavy (non-hydrogen) atoms. The van der Waals surface area contributed by atoms with Gasteiger partial charge in [-0.15, -0.1) is 16.8 Å². The van der Waals surface area contributed by atoms with E-state index in [-0.39, 0.29) is 29.9 Å². The standard InChI is InChI=1S/C32H29Cl2N5O2/c1-2-16-39(32(41)27-13-12-26(33)21-28(27)34)22-31(40)38-19-17-37(18-20-38)30-15-14-29(35-36-30)25-10-8-24(9-11-25)23-6-4-3-5-7-23/h2-15,21H,1,16-20,22H2. The maximum atomic E-state index is 13.1. The molecule has 1 aliphatic heterocycles. The van der Waals surface area contributed by atoms with Crippen LogP contribution in [-0.2, 0) is 4.79 Å². The molecule has 7 nitrogen and oxygen atoms in total. The summed E-state index contributed by atoms with van der Waals surface area (Å²) in [5.74, 6) is 0.288. The molecule has 9 heteroatoms. The fourth-order valence-corrected chi connectivity index (χ4v) is 5.26. The lowest BCUT2D eigenvalue weighted by Gasteiger charge is -2.36. The van der Waals surface area contributed by atoms with Crippen molar-refractivity contribution in [2.45, 2.75) is 0 Å². The van der Waals surface area contributed by atoms with Crippen molar-refractivity contribution in [3.63, 3.8) is 0 Å². The lowest BCUT2D eigenvalue weighted by atomic mass is 10.0. The molecule has 2 heterocycles. The molecule has 208 valence electrons. The van der Waals surface area contributed by atoms with Crippen LogP contribution in [0.25, 0.3) is 22.4 Å². The van der Waals surface area contributed by atoms with Crippen LogP contribution in [0.1, 0.15) is 10.4 Å². The summed E-state index contributed by atoms with van der Waals surface area (Å²) in [7, 11) is 0. The van der Waals surface area contributed by atoms with E-state index < -0.39 is 0 Å². The van der Waals surface area contributed by atoms with E-state index >= 15 is 0 Å². The molecule has 1 saturated heterocycles. The van der Waals surface area contributed by atoms with Crippen LogP contribution in [0.2, 0.25) is 10.0 Å². The van der Waals surface area contributed by atoms with E-state index in [1.807, 2.05) is 30.3 Å². The Morgan fingerprint density at radius 3 is 2.15 bits per heavy atom. The van der Waals surface area contributed by atoms with Gasteiger partial charge in [-0.1, -0.05) is 83.9 Å². The molecule has 0 N–H and O–H groups in total. The molecule has 3 aromatic carbocycles. The zero-order chi connectivity index (χ0) is 28.8. The molecule has 0 spiro atoms. The van der Waals surface area contributed by atoms with Crippen molar-refractivity contribution in [1.29, 1.82) is 0 Å². The molecule has 5 rings (SSSR count). The Morgan fingerprint density at radius 1 is 0.829 bits per heavy atom. The van der Waals surface area contributed by atoms with Gasteiger partial charge in [0.05, 0.1) is 16.3 Å². The predicted octanol–water partition coefficient (Wildman–Crippen LogP) is 6.09. The normalized spacial score (nSPS) is 13.1. The Kier molecular flexibility index (Phi) is 8.97. The molecule has 1 aromatic heterocycles. The maximum absolute atomic E-state index is 13.1. The number of carbonyl (C=O) groups excluding carboxylic acids is 2. The number of piperazine rings is 1. The van der Waals surface area contributed by atoms with Gasteiger partial charge >= 0.3 is 0 Å². The monoisotopic (exact) mass is 585 g/mol. The molecule has 0 unspecified atom stereocenters. The molecule has 4 aromatic rings. The van der Waals surface area contributed by atoms with Crippen LogP contribution in [0, 0.1) is 0 Å². The van der Waals surface area contributed by atoms with Gasteiger partial charge in [0.25, 0.3) is 5.91 Å². The summed E-state index contributed by atoms with van der Waals surface area (Å²) in [6.45, 7) is 6.14. The van der Waals surface area contributed by atoms with E-state index in [2.05, 4.69) is 58.1 Å². The third-order valence-electron chi connectivity index (χ3n) is 7.02. The summed E-state index contributed by atoms with van der Waals surface area (Å²) in [5, 5.41) is 9.60. The third kappa shape index (κ3) is 6.76. The number of rotatable bonds is 8. The highest BCUT2D eigenvalue weighted by molar-refractivity contribution is 6.36. The van der Waals surface area contributed by atoms with Gasteiger partial charge in [0.2, 0.25) is 5.91 Å². The topological polar surface area (TPSA) is 69.6 Å². The molecule has 1 fully saturated rings. The molecular weight excluding hydrogens is 557 g/mol. The number of benzene rings is 3. The highest BCUT2D eigenvalue weighted by Crippen LogP contribution is 2.25. The van der Waals surface area contributed by atoms with Crippen molar-refractivity contribution >= 4 is 40.8 Å². The maximum Gasteiger partial charge on any atom is 0.256 e. The number of aromatic nitrogens is 2. The van der Waals surface area contributed by atoms with Gasteiger partial charge in [-0.2, -0.15) is 0 Å². The van der Waals surface area contributed by atoms with Gasteiger partial charge in [-0.05, 0) is 41.5 Å². The van der Waals surface area contributed by atoms with Crippen molar-refractivity contribution in [3.05, 3.63) is 113 Å². The molecule has 0 saturated carbocycles. The van der Waals surface area contributed by atoms with E-state index in [1.165, 1.54) is 16.5 Å². The second kappa shape index (κ2) is 13.0. The fourth-order valence-electron chi connectivity index (χ4n) is 4.77. The van der Waals surface area contributed by atoms with Crippen LogP contribution < -0.4 is 4.90 Å². The zero-order valence-corrected chi connectivity index (χ0v) is 23.9. The van der Waals surface area contributed by atoms with Gasteiger partial charge < -0.3 is 14.7 Å². The lowest BCUT2D eigenvalue weighted by molar-refractivity contribution is -0.132. The molecule has 2 amide bonds. The van der Waals surface area contributed by atoms with Gasteiger partial charge in [-0.3, -0.25) is 9.59 Å². The number of hydrogen-bond donors (Lipinski definition) is 0. The number of amides is 2. The molecule has 1 aliphatic rings. The Morgan fingerprint density at radius 2 is 1.51 bits per heavy atom. The van der Waals surface area contributed by atoms with Crippen LogP contribution in [0.5, 0.6) is 0 Å². The van der Waals surface area contributed by atoms with E-state index in [1.54, 1.807) is 23.1 Å². The highest BCUT2D eigenvalue weighted by Gasteiger charge is 2.26. The predicted molar refractivity (Wildman–Crippen MR) is 164 cm³/mol. The van der Waals surface area contributed by atoms with Gasteiger partial charge in [0, 0.05) is 43.3 Å². The third-order valence-corrected chi connectivity index (χ3v) is 7.57. The van der Waals surface area contributed by atoms with Gasteiger partial charge in [0.15, 0.2) is 5.82 Å². The van der Waals surface area contributed by atoms with Gasteiger partial charge in [0.1, 0.15) is 6.54 Å². The van der Waals surface area contributed by atoms with Crippen LogP contribution in [0.4, 0.5) is 5.82 Å². The minimum Gasteiger partial charge on any atom is -0.352 e. The van der Waals surface area contributed by atoms with E-state index in [0.29, 0.717) is 36.8 Å². The number of hydrogen-bond acceptors (Lipinski definition) is 5. The Balaban J connectivity index is 1.17. The average molecular weight is 587 g/mol. The molecule has 0 bridgehead atoms. The zero-order valence-electron chi connectivity index (χ0n) is 22.4.